The Labute approximate surface area is 149 Å². The summed E-state index contributed by atoms with van der Waals surface area (Å²) in [7, 11) is -4.67. The molecule has 0 saturated carbocycles. The Balaban J connectivity index is -0.000000150. The molecule has 0 aliphatic rings. The Morgan fingerprint density at radius 1 is 0.870 bits per heavy atom. The molecule has 0 aromatic heterocycles. The number of hydrogen-bond acceptors (Lipinski definition) is 8. The molecule has 130 valence electrons. The number of hydrogen-bond donors (Lipinski definition) is 7. The summed E-state index contributed by atoms with van der Waals surface area (Å²) in [6, 6.07) is 0. The number of carboxylic acids is 3. The van der Waals surface area contributed by atoms with Gasteiger partial charge >= 0.3 is 57.9 Å². The van der Waals surface area contributed by atoms with Gasteiger partial charge in [0.05, 0.1) is 12.8 Å². The minimum absolute atomic E-state index is 0. The van der Waals surface area contributed by atoms with Crippen LogP contribution in [-0.4, -0.2) is 72.7 Å². The third-order valence-corrected chi connectivity index (χ3v) is 1.29. The first-order valence-corrected chi connectivity index (χ1v) is 5.90. The van der Waals surface area contributed by atoms with Crippen molar-refractivity contribution in [2.45, 2.75) is 18.4 Å². The van der Waals surface area contributed by atoms with Crippen molar-refractivity contribution in [1.29, 1.82) is 0 Å². The second-order valence-corrected chi connectivity index (χ2v) is 4.09. The summed E-state index contributed by atoms with van der Waals surface area (Å²) in [5.74, 6) is -5.02. The van der Waals surface area contributed by atoms with Gasteiger partial charge in [-0.05, 0) is 0 Å². The second-order valence-electron chi connectivity index (χ2n) is 3.19. The average molecular weight is 374 g/mol. The van der Waals surface area contributed by atoms with Crippen LogP contribution in [0.25, 0.3) is 0 Å². The molecule has 0 amide bonds. The van der Waals surface area contributed by atoms with Crippen molar-refractivity contribution in [2.24, 2.45) is 0 Å². The smallest absolute Gasteiger partial charge is 0.565 e. The van der Waals surface area contributed by atoms with Gasteiger partial charge in [-0.25, -0.2) is 4.79 Å². The molecule has 0 bridgehead atoms. The number of carbonyl (C=O) groups is 4. The number of rotatable bonds is 5. The van der Waals surface area contributed by atoms with E-state index in [1.807, 2.05) is 0 Å². The molecule has 23 heavy (non-hydrogen) atoms. The molecule has 7 N–H and O–H groups in total. The van der Waals surface area contributed by atoms with E-state index < -0.39 is 52.9 Å². The van der Waals surface area contributed by atoms with Gasteiger partial charge < -0.3 is 35.4 Å². The van der Waals surface area contributed by atoms with Gasteiger partial charge in [-0.3, -0.25) is 18.7 Å². The summed E-state index contributed by atoms with van der Waals surface area (Å²) in [5, 5.41) is 49.1. The van der Waals surface area contributed by atoms with Crippen LogP contribution in [0.3, 0.4) is 0 Å². The molecular formula is C7H11NaO14S. The normalized spacial score (nSPS) is 9.70. The van der Waals surface area contributed by atoms with Gasteiger partial charge in [0.15, 0.2) is 5.60 Å². The summed E-state index contributed by atoms with van der Waals surface area (Å²) in [6.45, 7) is 0. The van der Waals surface area contributed by atoms with E-state index in [0.29, 0.717) is 0 Å². The maximum absolute atomic E-state index is 10.3. The Morgan fingerprint density at radius 3 is 1.13 bits per heavy atom. The molecule has 0 saturated heterocycles. The maximum Gasteiger partial charge on any atom is 1.00 e. The van der Waals surface area contributed by atoms with Crippen LogP contribution in [-0.2, 0) is 24.8 Å². The zero-order valence-corrected chi connectivity index (χ0v) is 14.1. The summed E-state index contributed by atoms with van der Waals surface area (Å²) in [5.41, 5.74) is -2.74. The van der Waals surface area contributed by atoms with Crippen molar-refractivity contribution in [3.63, 3.8) is 0 Å². The van der Waals surface area contributed by atoms with Gasteiger partial charge in [0.1, 0.15) is 0 Å². The topological polar surface area (TPSA) is 267 Å². The van der Waals surface area contributed by atoms with Crippen LogP contribution in [0.4, 0.5) is 4.79 Å². The number of aliphatic hydroxyl groups is 1. The molecule has 0 aromatic carbocycles. The number of carboxylic acid groups (broad SMARTS) is 5. The van der Waals surface area contributed by atoms with E-state index in [0.717, 1.165) is 0 Å². The molecular weight excluding hydrogens is 363 g/mol. The Hall–Kier alpha value is -1.49. The summed E-state index contributed by atoms with van der Waals surface area (Å²) in [4.78, 5) is 38.9. The second kappa shape index (κ2) is 13.0. The van der Waals surface area contributed by atoms with Crippen molar-refractivity contribution in [3.8, 4) is 0 Å². The Morgan fingerprint density at radius 2 is 1.04 bits per heavy atom. The Kier molecular flexibility index (Phi) is 16.7. The van der Waals surface area contributed by atoms with Crippen LogP contribution in [0.5, 0.6) is 0 Å². The molecule has 0 atom stereocenters. The van der Waals surface area contributed by atoms with Crippen LogP contribution in [0.15, 0.2) is 0 Å². The fraction of sp³-hybridized carbons (Fsp3) is 0.429. The van der Waals surface area contributed by atoms with Gasteiger partial charge in [0.2, 0.25) is 6.16 Å². The first-order chi connectivity index (χ1) is 9.51. The third kappa shape index (κ3) is 33.4. The first-order valence-electron chi connectivity index (χ1n) is 4.50. The summed E-state index contributed by atoms with van der Waals surface area (Å²) >= 11 is 0. The van der Waals surface area contributed by atoms with Crippen molar-refractivity contribution in [1.82, 2.24) is 0 Å². The minimum atomic E-state index is -4.67. The van der Waals surface area contributed by atoms with Gasteiger partial charge in [0, 0.05) is 0 Å². The molecule has 0 radical (unpaired) electrons. The van der Waals surface area contributed by atoms with Crippen molar-refractivity contribution < 1.29 is 96.9 Å². The van der Waals surface area contributed by atoms with Crippen LogP contribution >= 0.6 is 0 Å². The minimum Gasteiger partial charge on any atom is -0.565 e. The SMILES string of the molecule is O=C(O)CC(O)(CC(=O)O)C(=O)O.O=C([O-])O.O=S(=O)(O)O.[Na+]. The van der Waals surface area contributed by atoms with E-state index in [4.69, 9.17) is 53.0 Å². The molecule has 0 aromatic rings. The zero-order valence-electron chi connectivity index (χ0n) is 11.3. The van der Waals surface area contributed by atoms with E-state index in [1.54, 1.807) is 0 Å². The van der Waals surface area contributed by atoms with Crippen molar-refractivity contribution in [3.05, 3.63) is 0 Å². The van der Waals surface area contributed by atoms with Crippen molar-refractivity contribution >= 4 is 34.5 Å². The van der Waals surface area contributed by atoms with Gasteiger partial charge in [-0.2, -0.15) is 8.42 Å². The molecule has 14 nitrogen and oxygen atoms in total. The van der Waals surface area contributed by atoms with E-state index >= 15 is 0 Å². The van der Waals surface area contributed by atoms with Crippen LogP contribution in [0.2, 0.25) is 0 Å². The predicted octanol–water partition coefficient (Wildman–Crippen LogP) is -6.01. The Bertz CT molecular complexity index is 481. The number of aliphatic carboxylic acids is 3. The predicted molar refractivity (Wildman–Crippen MR) is 59.3 cm³/mol. The quantitative estimate of drug-likeness (QED) is 0.174. The molecule has 0 aliphatic heterocycles. The summed E-state index contributed by atoms with van der Waals surface area (Å²) < 4.78 is 31.6. The monoisotopic (exact) mass is 374 g/mol. The van der Waals surface area contributed by atoms with Gasteiger partial charge in [0.25, 0.3) is 0 Å². The van der Waals surface area contributed by atoms with Crippen LogP contribution < -0.4 is 34.7 Å². The molecule has 0 heterocycles. The molecule has 0 fully saturated rings. The van der Waals surface area contributed by atoms with Gasteiger partial charge in [-0.15, -0.1) is 0 Å². The molecule has 0 spiro atoms. The fourth-order valence-corrected chi connectivity index (χ4v) is 0.714. The molecule has 0 rings (SSSR count). The van der Waals surface area contributed by atoms with E-state index in [2.05, 4.69) is 0 Å². The van der Waals surface area contributed by atoms with E-state index in [1.165, 1.54) is 0 Å². The molecule has 0 unspecified atom stereocenters. The van der Waals surface area contributed by atoms with E-state index in [9.17, 15) is 14.4 Å². The largest absolute Gasteiger partial charge is 1.00 e. The average Bonchev–Trinajstić information content (AvgIpc) is 2.09. The van der Waals surface area contributed by atoms with Crippen LogP contribution in [0.1, 0.15) is 12.8 Å². The van der Waals surface area contributed by atoms with Crippen LogP contribution in [0, 0.1) is 0 Å². The zero-order chi connectivity index (χ0) is 18.7. The molecule has 0 aliphatic carbocycles. The standard InChI is InChI=1S/C6H8O7.CH2O3.Na.H2O4S/c7-3(8)1-6(13,5(11)12)2-4(9)10;2-1(3)4;;1-5(2,3)4/h13H,1-2H2,(H,7,8)(H,9,10)(H,11,12);(H2,2,3,4);;(H2,1,2,3,4)/q;;+1;/p-1. The van der Waals surface area contributed by atoms with Crippen molar-refractivity contribution in [2.75, 3.05) is 0 Å². The first kappa shape index (κ1) is 29.5. The maximum atomic E-state index is 10.3. The van der Waals surface area contributed by atoms with Gasteiger partial charge in [-0.1, -0.05) is 0 Å². The molecule has 16 heteroatoms. The summed E-state index contributed by atoms with van der Waals surface area (Å²) in [6.07, 6.45) is -4.37. The van der Waals surface area contributed by atoms with E-state index in [-0.39, 0.29) is 29.6 Å². The fourth-order valence-electron chi connectivity index (χ4n) is 0.714. The third-order valence-electron chi connectivity index (χ3n) is 1.29.